The van der Waals surface area contributed by atoms with Gasteiger partial charge in [-0.05, 0) is 121 Å². The van der Waals surface area contributed by atoms with Gasteiger partial charge < -0.3 is 10.2 Å². The Kier molecular flexibility index (Phi) is 13.3. The van der Waals surface area contributed by atoms with Crippen LogP contribution < -0.4 is 0 Å². The number of hydrogen-bond acceptors (Lipinski definition) is 2. The lowest BCUT2D eigenvalue weighted by Crippen LogP contribution is -2.17. The lowest BCUT2D eigenvalue weighted by molar-refractivity contribution is 0.0683. The topological polar surface area (TPSA) is 74.6 Å². The Morgan fingerprint density at radius 2 is 1.12 bits per heavy atom. The van der Waals surface area contributed by atoms with Gasteiger partial charge in [0.15, 0.2) is 0 Å². The van der Waals surface area contributed by atoms with E-state index in [0.29, 0.717) is 29.4 Å². The molecule has 3 aromatic carbocycles. The molecule has 0 heterocycles. The van der Waals surface area contributed by atoms with Gasteiger partial charge in [-0.2, -0.15) is 0 Å². The molecule has 2 N–H and O–H groups in total. The Balaban J connectivity index is 1.44. The molecule has 0 spiro atoms. The zero-order valence-corrected chi connectivity index (χ0v) is 29.5. The van der Waals surface area contributed by atoms with E-state index in [1.54, 1.807) is 6.07 Å². The van der Waals surface area contributed by atoms with Crippen molar-refractivity contribution >= 4 is 11.9 Å². The largest absolute Gasteiger partial charge is 0.478 e. The van der Waals surface area contributed by atoms with Crippen LogP contribution >= 0.6 is 0 Å². The molecule has 4 nitrogen and oxygen atoms in total. The van der Waals surface area contributed by atoms with Gasteiger partial charge in [-0.1, -0.05) is 120 Å². The highest BCUT2D eigenvalue weighted by Gasteiger charge is 2.29. The summed E-state index contributed by atoms with van der Waals surface area (Å²) in [7, 11) is 0. The normalized spacial score (nSPS) is 21.9. The van der Waals surface area contributed by atoms with E-state index in [1.807, 2.05) is 36.4 Å². The van der Waals surface area contributed by atoms with Crippen LogP contribution in [0.5, 0.6) is 0 Å². The van der Waals surface area contributed by atoms with Crippen LogP contribution in [-0.2, 0) is 6.42 Å². The molecule has 3 aromatic rings. The number of aromatic carboxylic acids is 2. The van der Waals surface area contributed by atoms with Crippen molar-refractivity contribution in [1.29, 1.82) is 0 Å². The molecule has 0 aromatic heterocycles. The summed E-state index contributed by atoms with van der Waals surface area (Å²) in [4.78, 5) is 25.3. The third-order valence-electron chi connectivity index (χ3n) is 11.7. The van der Waals surface area contributed by atoms with Gasteiger partial charge >= 0.3 is 11.9 Å². The summed E-state index contributed by atoms with van der Waals surface area (Å²) in [5.74, 6) is 0.363. The fourth-order valence-corrected chi connectivity index (χ4v) is 8.81. The molecule has 2 saturated carbocycles. The monoisotopic (exact) mass is 650 g/mol. The summed E-state index contributed by atoms with van der Waals surface area (Å²) in [6, 6.07) is 22.1. The fourth-order valence-electron chi connectivity index (χ4n) is 8.81. The zero-order valence-electron chi connectivity index (χ0n) is 29.5. The molecular weight excluding hydrogens is 592 g/mol. The fraction of sp³-hybridized carbons (Fsp3) is 0.545. The SMILES string of the molecule is CCCCCC1CCC(c2ccc(C(=O)O)c(C[C@H](c3ccccc3)c3cc(C4CCC(CCCCC)CC4)ccc3C(=O)O)c2)CC1. The first-order valence-corrected chi connectivity index (χ1v) is 19.2. The van der Waals surface area contributed by atoms with Gasteiger partial charge in [0.1, 0.15) is 0 Å². The summed E-state index contributed by atoms with van der Waals surface area (Å²) < 4.78 is 0. The van der Waals surface area contributed by atoms with Gasteiger partial charge in [0.2, 0.25) is 0 Å². The molecule has 0 radical (unpaired) electrons. The molecule has 2 fully saturated rings. The molecule has 0 amide bonds. The first kappa shape index (κ1) is 35.9. The summed E-state index contributed by atoms with van der Waals surface area (Å²) in [6.45, 7) is 4.52. The maximum absolute atomic E-state index is 12.7. The van der Waals surface area contributed by atoms with Crippen molar-refractivity contribution in [2.24, 2.45) is 11.8 Å². The van der Waals surface area contributed by atoms with E-state index in [4.69, 9.17) is 0 Å². The first-order chi connectivity index (χ1) is 23.4. The average molecular weight is 651 g/mol. The van der Waals surface area contributed by atoms with Crippen LogP contribution in [0.1, 0.15) is 183 Å². The lowest BCUT2D eigenvalue weighted by atomic mass is 9.74. The van der Waals surface area contributed by atoms with Gasteiger partial charge in [-0.25, -0.2) is 9.59 Å². The van der Waals surface area contributed by atoms with Crippen molar-refractivity contribution in [3.8, 4) is 0 Å². The van der Waals surface area contributed by atoms with Gasteiger partial charge in [0, 0.05) is 5.92 Å². The van der Waals surface area contributed by atoms with E-state index in [-0.39, 0.29) is 5.92 Å². The summed E-state index contributed by atoms with van der Waals surface area (Å²) in [5, 5.41) is 20.7. The summed E-state index contributed by atoms with van der Waals surface area (Å²) in [5.41, 5.74) is 5.71. The van der Waals surface area contributed by atoms with E-state index < -0.39 is 11.9 Å². The zero-order chi connectivity index (χ0) is 33.9. The first-order valence-electron chi connectivity index (χ1n) is 19.2. The molecule has 0 bridgehead atoms. The van der Waals surface area contributed by atoms with Crippen molar-refractivity contribution < 1.29 is 19.8 Å². The minimum atomic E-state index is -0.931. The van der Waals surface area contributed by atoms with Gasteiger partial charge in [-0.3, -0.25) is 0 Å². The number of carbonyl (C=O) groups is 2. The van der Waals surface area contributed by atoms with Gasteiger partial charge in [-0.15, -0.1) is 0 Å². The van der Waals surface area contributed by atoms with Crippen molar-refractivity contribution in [3.05, 3.63) is 106 Å². The Labute approximate surface area is 289 Å². The molecule has 4 heteroatoms. The smallest absolute Gasteiger partial charge is 0.335 e. The maximum atomic E-state index is 12.7. The Bertz CT molecular complexity index is 1460. The molecule has 48 heavy (non-hydrogen) atoms. The van der Waals surface area contributed by atoms with Crippen molar-refractivity contribution in [3.63, 3.8) is 0 Å². The van der Waals surface area contributed by atoms with Crippen LogP contribution in [-0.4, -0.2) is 22.2 Å². The van der Waals surface area contributed by atoms with E-state index in [9.17, 15) is 19.8 Å². The third kappa shape index (κ3) is 9.39. The highest BCUT2D eigenvalue weighted by atomic mass is 16.4. The van der Waals surface area contributed by atoms with Crippen LogP contribution in [0.25, 0.3) is 0 Å². The molecule has 2 aliphatic carbocycles. The quantitative estimate of drug-likeness (QED) is 0.151. The van der Waals surface area contributed by atoms with E-state index in [1.165, 1.54) is 88.2 Å². The lowest BCUT2D eigenvalue weighted by Gasteiger charge is -2.30. The van der Waals surface area contributed by atoms with Crippen LogP contribution in [0.3, 0.4) is 0 Å². The van der Waals surface area contributed by atoms with Crippen molar-refractivity contribution in [2.45, 2.75) is 141 Å². The van der Waals surface area contributed by atoms with Crippen LogP contribution in [0.4, 0.5) is 0 Å². The van der Waals surface area contributed by atoms with E-state index in [0.717, 1.165) is 54.2 Å². The van der Waals surface area contributed by atoms with E-state index >= 15 is 0 Å². The number of unbranched alkanes of at least 4 members (excludes halogenated alkanes) is 4. The van der Waals surface area contributed by atoms with E-state index in [2.05, 4.69) is 38.1 Å². The standard InChI is InChI=1S/C44H58O4/c1-3-5-8-12-31-16-20-33(21-17-31)36-24-26-39(43(45)46)38(28-36)30-41(35-14-10-7-11-15-35)42-29-37(25-27-40(42)44(47)48)34-22-18-32(19-23-34)13-9-6-4-2/h7,10-11,14-15,24-29,31-34,41H,3-6,8-9,12-13,16-23,30H2,1-2H3,(H,45,46)(H,47,48)/t31?,32?,33?,34?,41-/m1/s1. The Morgan fingerprint density at radius 1 is 0.625 bits per heavy atom. The molecule has 0 aliphatic heterocycles. The molecule has 1 atom stereocenters. The van der Waals surface area contributed by atoms with Crippen molar-refractivity contribution in [1.82, 2.24) is 0 Å². The number of benzene rings is 3. The average Bonchev–Trinajstić information content (AvgIpc) is 3.11. The predicted octanol–water partition coefficient (Wildman–Crippen LogP) is 12.2. The molecular formula is C44H58O4. The molecule has 0 saturated heterocycles. The molecule has 0 unspecified atom stereocenters. The number of rotatable bonds is 16. The third-order valence-corrected chi connectivity index (χ3v) is 11.7. The molecule has 2 aliphatic rings. The Morgan fingerprint density at radius 3 is 1.62 bits per heavy atom. The van der Waals surface area contributed by atoms with Crippen molar-refractivity contribution in [2.75, 3.05) is 0 Å². The number of carboxylic acids is 2. The second-order valence-corrected chi connectivity index (χ2v) is 15.0. The minimum absolute atomic E-state index is 0.273. The number of carboxylic acid groups (broad SMARTS) is 2. The molecule has 5 rings (SSSR count). The highest BCUT2D eigenvalue weighted by Crippen LogP contribution is 2.42. The summed E-state index contributed by atoms with van der Waals surface area (Å²) in [6.07, 6.45) is 20.4. The predicted molar refractivity (Wildman–Crippen MR) is 196 cm³/mol. The van der Waals surface area contributed by atoms with Crippen LogP contribution in [0.2, 0.25) is 0 Å². The second kappa shape index (κ2) is 17.8. The highest BCUT2D eigenvalue weighted by molar-refractivity contribution is 5.91. The van der Waals surface area contributed by atoms with Crippen LogP contribution in [0.15, 0.2) is 66.7 Å². The maximum Gasteiger partial charge on any atom is 0.335 e. The molecule has 258 valence electrons. The summed E-state index contributed by atoms with van der Waals surface area (Å²) >= 11 is 0. The van der Waals surface area contributed by atoms with Gasteiger partial charge in [0.05, 0.1) is 11.1 Å². The number of hydrogen-bond donors (Lipinski definition) is 2. The Hall–Kier alpha value is -3.40. The minimum Gasteiger partial charge on any atom is -0.478 e. The van der Waals surface area contributed by atoms with Crippen LogP contribution in [0, 0.1) is 11.8 Å². The van der Waals surface area contributed by atoms with Gasteiger partial charge in [0.25, 0.3) is 0 Å². The second-order valence-electron chi connectivity index (χ2n) is 15.0.